The maximum absolute atomic E-state index is 4.16. The average molecular weight is 167 g/mol. The summed E-state index contributed by atoms with van der Waals surface area (Å²) in [6.45, 7) is 10.5. The van der Waals surface area contributed by atoms with Crippen LogP contribution in [0.1, 0.15) is 46.5 Å². The maximum atomic E-state index is 4.16. The van der Waals surface area contributed by atoms with Gasteiger partial charge in [0.1, 0.15) is 0 Å². The van der Waals surface area contributed by atoms with Crippen LogP contribution in [0.25, 0.3) is 0 Å². The van der Waals surface area contributed by atoms with Crippen LogP contribution in [0, 0.1) is 11.3 Å². The Morgan fingerprint density at radius 1 is 1.58 bits per heavy atom. The molecule has 0 saturated heterocycles. The van der Waals surface area contributed by atoms with Crippen molar-refractivity contribution in [3.8, 4) is 0 Å². The lowest BCUT2D eigenvalue weighted by atomic mass is 9.91. The Morgan fingerprint density at radius 3 is 2.42 bits per heavy atom. The highest BCUT2D eigenvalue weighted by molar-refractivity contribution is 5.24. The van der Waals surface area contributed by atoms with Gasteiger partial charge in [0.05, 0.1) is 0 Å². The van der Waals surface area contributed by atoms with E-state index in [1.54, 1.807) is 0 Å². The zero-order valence-electron chi connectivity index (χ0n) is 8.64. The minimum absolute atomic E-state index is 0.509. The van der Waals surface area contributed by atoms with Gasteiger partial charge in [-0.05, 0) is 37.3 Å². The third-order valence-corrected chi connectivity index (χ3v) is 3.67. The van der Waals surface area contributed by atoms with Crippen LogP contribution in [0.2, 0.25) is 0 Å². The molecule has 0 spiro atoms. The molecule has 0 aromatic heterocycles. The summed E-state index contributed by atoms with van der Waals surface area (Å²) in [7, 11) is 0. The van der Waals surface area contributed by atoms with Crippen LogP contribution in [0.4, 0.5) is 0 Å². The quantitative estimate of drug-likeness (QED) is 0.557. The highest BCUT2D eigenvalue weighted by Gasteiger charge is 2.49. The fourth-order valence-corrected chi connectivity index (χ4v) is 2.28. The first kappa shape index (κ1) is 9.76. The molecule has 1 fully saturated rings. The standard InChI is InChI=1S/C11H21N/c1-5-10(12-4)8-11(6-2)7-9(11)3/h9-10H,4-8H2,1-3H3. The molecular weight excluding hydrogens is 146 g/mol. The molecule has 1 nitrogen and oxygen atoms in total. The van der Waals surface area contributed by atoms with E-state index in [0.717, 1.165) is 12.3 Å². The zero-order valence-corrected chi connectivity index (χ0v) is 8.64. The summed E-state index contributed by atoms with van der Waals surface area (Å²) >= 11 is 0. The predicted octanol–water partition coefficient (Wildman–Crippen LogP) is 3.29. The van der Waals surface area contributed by atoms with E-state index in [9.17, 15) is 0 Å². The highest BCUT2D eigenvalue weighted by atomic mass is 14.8. The Balaban J connectivity index is 2.43. The topological polar surface area (TPSA) is 12.4 Å². The fourth-order valence-electron chi connectivity index (χ4n) is 2.28. The number of aliphatic imine (C=N–C) groups is 1. The van der Waals surface area contributed by atoms with Crippen molar-refractivity contribution in [1.29, 1.82) is 0 Å². The Morgan fingerprint density at radius 2 is 2.17 bits per heavy atom. The lowest BCUT2D eigenvalue weighted by molar-refractivity contribution is 0.368. The molecule has 0 aliphatic heterocycles. The first-order chi connectivity index (χ1) is 5.68. The second kappa shape index (κ2) is 3.59. The molecule has 1 aliphatic rings. The van der Waals surface area contributed by atoms with Gasteiger partial charge >= 0.3 is 0 Å². The molecule has 70 valence electrons. The van der Waals surface area contributed by atoms with Crippen molar-refractivity contribution in [3.63, 3.8) is 0 Å². The molecule has 0 bridgehead atoms. The number of rotatable bonds is 5. The lowest BCUT2D eigenvalue weighted by Gasteiger charge is -2.18. The van der Waals surface area contributed by atoms with E-state index in [2.05, 4.69) is 32.5 Å². The van der Waals surface area contributed by atoms with Crippen LogP contribution >= 0.6 is 0 Å². The van der Waals surface area contributed by atoms with Gasteiger partial charge in [-0.15, -0.1) is 0 Å². The Bertz CT molecular complexity index is 160. The summed E-state index contributed by atoms with van der Waals surface area (Å²) in [6.07, 6.45) is 5.15. The van der Waals surface area contributed by atoms with E-state index in [-0.39, 0.29) is 0 Å². The van der Waals surface area contributed by atoms with Crippen molar-refractivity contribution in [2.24, 2.45) is 16.3 Å². The first-order valence-electron chi connectivity index (χ1n) is 5.14. The monoisotopic (exact) mass is 167 g/mol. The second-order valence-electron chi connectivity index (χ2n) is 4.27. The van der Waals surface area contributed by atoms with Gasteiger partial charge in [-0.25, -0.2) is 0 Å². The minimum atomic E-state index is 0.509. The van der Waals surface area contributed by atoms with E-state index in [1.807, 2.05) is 0 Å². The van der Waals surface area contributed by atoms with Crippen molar-refractivity contribution < 1.29 is 0 Å². The zero-order chi connectivity index (χ0) is 9.19. The summed E-state index contributed by atoms with van der Waals surface area (Å²) < 4.78 is 0. The van der Waals surface area contributed by atoms with E-state index < -0.39 is 0 Å². The Hall–Kier alpha value is -0.330. The van der Waals surface area contributed by atoms with Crippen molar-refractivity contribution in [2.75, 3.05) is 0 Å². The fraction of sp³-hybridized carbons (Fsp3) is 0.909. The van der Waals surface area contributed by atoms with Crippen LogP contribution in [0.5, 0.6) is 0 Å². The van der Waals surface area contributed by atoms with Crippen molar-refractivity contribution in [3.05, 3.63) is 0 Å². The van der Waals surface area contributed by atoms with Crippen LogP contribution < -0.4 is 0 Å². The SMILES string of the molecule is C=NC(CC)CC1(CC)CC1C. The van der Waals surface area contributed by atoms with Gasteiger partial charge in [-0.1, -0.05) is 27.2 Å². The molecule has 0 amide bonds. The molecule has 3 unspecified atom stereocenters. The van der Waals surface area contributed by atoms with E-state index >= 15 is 0 Å². The molecule has 0 aromatic rings. The van der Waals surface area contributed by atoms with Gasteiger partial charge in [0, 0.05) is 6.04 Å². The van der Waals surface area contributed by atoms with Crippen LogP contribution in [0.15, 0.2) is 4.99 Å². The number of hydrogen-bond acceptors (Lipinski definition) is 1. The normalized spacial score (nSPS) is 36.1. The molecule has 12 heavy (non-hydrogen) atoms. The largest absolute Gasteiger partial charge is 0.298 e. The number of nitrogens with zero attached hydrogens (tertiary/aromatic N) is 1. The summed E-state index contributed by atoms with van der Waals surface area (Å²) in [5.41, 5.74) is 0.641. The van der Waals surface area contributed by atoms with Crippen molar-refractivity contribution in [2.45, 2.75) is 52.5 Å². The summed E-state index contributed by atoms with van der Waals surface area (Å²) in [4.78, 5) is 4.16. The van der Waals surface area contributed by atoms with Crippen molar-refractivity contribution in [1.82, 2.24) is 0 Å². The predicted molar refractivity (Wildman–Crippen MR) is 54.8 cm³/mol. The van der Waals surface area contributed by atoms with Gasteiger partial charge in [0.15, 0.2) is 0 Å². The van der Waals surface area contributed by atoms with Crippen molar-refractivity contribution >= 4 is 6.72 Å². The molecule has 1 rings (SSSR count). The smallest absolute Gasteiger partial charge is 0.0495 e. The van der Waals surface area contributed by atoms with Gasteiger partial charge < -0.3 is 0 Å². The van der Waals surface area contributed by atoms with Gasteiger partial charge in [-0.2, -0.15) is 0 Å². The van der Waals surface area contributed by atoms with Crippen LogP contribution in [0.3, 0.4) is 0 Å². The second-order valence-corrected chi connectivity index (χ2v) is 4.27. The lowest BCUT2D eigenvalue weighted by Crippen LogP contribution is -2.12. The van der Waals surface area contributed by atoms with Crippen LogP contribution in [-0.4, -0.2) is 12.8 Å². The third-order valence-electron chi connectivity index (χ3n) is 3.67. The first-order valence-corrected chi connectivity index (χ1v) is 5.14. The maximum Gasteiger partial charge on any atom is 0.0495 e. The van der Waals surface area contributed by atoms with Gasteiger partial charge in [-0.3, -0.25) is 4.99 Å². The molecule has 3 atom stereocenters. The highest BCUT2D eigenvalue weighted by Crippen LogP contribution is 2.58. The Kier molecular flexibility index (Phi) is 2.92. The van der Waals surface area contributed by atoms with Crippen LogP contribution in [-0.2, 0) is 0 Å². The van der Waals surface area contributed by atoms with E-state index in [0.29, 0.717) is 11.5 Å². The molecule has 1 aliphatic carbocycles. The van der Waals surface area contributed by atoms with Gasteiger partial charge in [0.25, 0.3) is 0 Å². The molecule has 0 aromatic carbocycles. The number of hydrogen-bond donors (Lipinski definition) is 0. The molecule has 0 N–H and O–H groups in total. The minimum Gasteiger partial charge on any atom is -0.298 e. The third kappa shape index (κ3) is 1.70. The van der Waals surface area contributed by atoms with E-state index in [4.69, 9.17) is 0 Å². The average Bonchev–Trinajstić information content (AvgIpc) is 2.73. The molecule has 0 heterocycles. The molecule has 1 heteroatoms. The molecular formula is C11H21N. The van der Waals surface area contributed by atoms with E-state index in [1.165, 1.54) is 19.3 Å². The molecule has 1 saturated carbocycles. The summed E-state index contributed by atoms with van der Waals surface area (Å²) in [5, 5.41) is 0. The summed E-state index contributed by atoms with van der Waals surface area (Å²) in [5.74, 6) is 0.929. The Labute approximate surface area is 76.3 Å². The summed E-state index contributed by atoms with van der Waals surface area (Å²) in [6, 6.07) is 0.509. The molecule has 0 radical (unpaired) electrons. The van der Waals surface area contributed by atoms with Gasteiger partial charge in [0.2, 0.25) is 0 Å².